The molecule has 2 unspecified atom stereocenters. The largest absolute Gasteiger partial charge is 0.459 e. The van der Waals surface area contributed by atoms with Crippen molar-refractivity contribution >= 4 is 11.0 Å². The third-order valence-corrected chi connectivity index (χ3v) is 3.49. The monoisotopic (exact) mass is 231 g/mol. The maximum Gasteiger partial charge on any atom is 0.134 e. The van der Waals surface area contributed by atoms with Gasteiger partial charge in [-0.25, -0.2) is 0 Å². The van der Waals surface area contributed by atoms with Crippen LogP contribution in [0.3, 0.4) is 0 Å². The summed E-state index contributed by atoms with van der Waals surface area (Å²) in [6.07, 6.45) is 1.03. The van der Waals surface area contributed by atoms with E-state index in [2.05, 4.69) is 25.1 Å². The summed E-state index contributed by atoms with van der Waals surface area (Å²) in [4.78, 5) is 0. The Morgan fingerprint density at radius 3 is 3.00 bits per heavy atom. The van der Waals surface area contributed by atoms with Gasteiger partial charge in [-0.15, -0.1) is 0 Å². The molecule has 0 saturated carbocycles. The van der Waals surface area contributed by atoms with Crippen LogP contribution in [-0.2, 0) is 4.74 Å². The lowest BCUT2D eigenvalue weighted by molar-refractivity contribution is 0.178. The Kier molecular flexibility index (Phi) is 2.65. The van der Waals surface area contributed by atoms with Crippen LogP contribution in [0, 0.1) is 12.8 Å². The van der Waals surface area contributed by atoms with Crippen LogP contribution >= 0.6 is 0 Å². The van der Waals surface area contributed by atoms with Crippen molar-refractivity contribution in [1.29, 1.82) is 0 Å². The quantitative estimate of drug-likeness (QED) is 0.864. The summed E-state index contributed by atoms with van der Waals surface area (Å²) in [5.41, 5.74) is 8.38. The SMILES string of the molecule is Cc1ccc2oc(C(N)C3CCOC3)cc2c1. The molecule has 2 atom stereocenters. The Labute approximate surface area is 101 Å². The zero-order chi connectivity index (χ0) is 11.8. The molecule has 2 N–H and O–H groups in total. The van der Waals surface area contributed by atoms with E-state index >= 15 is 0 Å². The number of hydrogen-bond donors (Lipinski definition) is 1. The third kappa shape index (κ3) is 1.96. The normalized spacial score (nSPS) is 22.1. The van der Waals surface area contributed by atoms with Gasteiger partial charge in [0.15, 0.2) is 0 Å². The molecule has 0 bridgehead atoms. The van der Waals surface area contributed by atoms with E-state index in [1.807, 2.05) is 6.07 Å². The van der Waals surface area contributed by atoms with Crippen LogP contribution in [-0.4, -0.2) is 13.2 Å². The van der Waals surface area contributed by atoms with Gasteiger partial charge in [-0.2, -0.15) is 0 Å². The number of furan rings is 1. The average molecular weight is 231 g/mol. The lowest BCUT2D eigenvalue weighted by Gasteiger charge is -2.14. The van der Waals surface area contributed by atoms with Gasteiger partial charge in [0.2, 0.25) is 0 Å². The van der Waals surface area contributed by atoms with Crippen molar-refractivity contribution in [1.82, 2.24) is 0 Å². The Morgan fingerprint density at radius 1 is 1.35 bits per heavy atom. The Balaban J connectivity index is 1.94. The molecule has 90 valence electrons. The van der Waals surface area contributed by atoms with Gasteiger partial charge < -0.3 is 14.9 Å². The highest BCUT2D eigenvalue weighted by Crippen LogP contribution is 2.30. The molecule has 1 aromatic carbocycles. The van der Waals surface area contributed by atoms with E-state index < -0.39 is 0 Å². The van der Waals surface area contributed by atoms with E-state index in [1.165, 1.54) is 5.56 Å². The predicted molar refractivity (Wildman–Crippen MR) is 66.8 cm³/mol. The first kappa shape index (κ1) is 10.8. The smallest absolute Gasteiger partial charge is 0.134 e. The molecule has 0 radical (unpaired) electrons. The second-order valence-corrected chi connectivity index (χ2v) is 4.84. The maximum absolute atomic E-state index is 6.23. The summed E-state index contributed by atoms with van der Waals surface area (Å²) < 4.78 is 11.2. The molecule has 3 heteroatoms. The summed E-state index contributed by atoms with van der Waals surface area (Å²) in [6.45, 7) is 3.64. The van der Waals surface area contributed by atoms with Gasteiger partial charge in [-0.1, -0.05) is 11.6 Å². The number of nitrogens with two attached hydrogens (primary N) is 1. The summed E-state index contributed by atoms with van der Waals surface area (Å²) in [7, 11) is 0. The van der Waals surface area contributed by atoms with Gasteiger partial charge in [0.1, 0.15) is 11.3 Å². The van der Waals surface area contributed by atoms with Crippen molar-refractivity contribution in [2.75, 3.05) is 13.2 Å². The van der Waals surface area contributed by atoms with Crippen LogP contribution in [0.1, 0.15) is 23.8 Å². The van der Waals surface area contributed by atoms with Gasteiger partial charge in [0.25, 0.3) is 0 Å². The molecule has 1 saturated heterocycles. The third-order valence-electron chi connectivity index (χ3n) is 3.49. The maximum atomic E-state index is 6.23. The molecule has 3 nitrogen and oxygen atoms in total. The zero-order valence-electron chi connectivity index (χ0n) is 9.98. The van der Waals surface area contributed by atoms with E-state index in [0.29, 0.717) is 5.92 Å². The topological polar surface area (TPSA) is 48.4 Å². The van der Waals surface area contributed by atoms with Crippen LogP contribution in [0.5, 0.6) is 0 Å². The standard InChI is InChI=1S/C14H17NO2/c1-9-2-3-12-11(6-9)7-13(17-12)14(15)10-4-5-16-8-10/h2-3,6-7,10,14H,4-5,8,15H2,1H3. The van der Waals surface area contributed by atoms with Gasteiger partial charge in [0, 0.05) is 17.9 Å². The van der Waals surface area contributed by atoms with Gasteiger partial charge in [0.05, 0.1) is 12.6 Å². The number of hydrogen-bond acceptors (Lipinski definition) is 3. The summed E-state index contributed by atoms with van der Waals surface area (Å²) in [5, 5.41) is 1.13. The molecule has 1 aliphatic heterocycles. The minimum Gasteiger partial charge on any atom is -0.459 e. The van der Waals surface area contributed by atoms with Crippen molar-refractivity contribution in [2.24, 2.45) is 11.7 Å². The van der Waals surface area contributed by atoms with Crippen LogP contribution < -0.4 is 5.73 Å². The predicted octanol–water partition coefficient (Wildman–Crippen LogP) is 2.78. The number of ether oxygens (including phenoxy) is 1. The molecule has 1 fully saturated rings. The summed E-state index contributed by atoms with van der Waals surface area (Å²) in [6, 6.07) is 8.20. The second-order valence-electron chi connectivity index (χ2n) is 4.84. The van der Waals surface area contributed by atoms with E-state index in [9.17, 15) is 0 Å². The van der Waals surface area contributed by atoms with Crippen molar-refractivity contribution in [3.63, 3.8) is 0 Å². The number of fused-ring (bicyclic) bond motifs is 1. The highest BCUT2D eigenvalue weighted by Gasteiger charge is 2.26. The molecule has 2 heterocycles. The highest BCUT2D eigenvalue weighted by atomic mass is 16.5. The molecule has 1 aromatic heterocycles. The van der Waals surface area contributed by atoms with Crippen LogP contribution in [0.25, 0.3) is 11.0 Å². The highest BCUT2D eigenvalue weighted by molar-refractivity contribution is 5.78. The lowest BCUT2D eigenvalue weighted by Crippen LogP contribution is -2.20. The Bertz CT molecular complexity index is 526. The minimum atomic E-state index is -0.0507. The Morgan fingerprint density at radius 2 is 2.24 bits per heavy atom. The van der Waals surface area contributed by atoms with E-state index in [1.54, 1.807) is 0 Å². The van der Waals surface area contributed by atoms with E-state index in [4.69, 9.17) is 14.9 Å². The number of rotatable bonds is 2. The summed E-state index contributed by atoms with van der Waals surface area (Å²) in [5.74, 6) is 1.26. The number of aryl methyl sites for hydroxylation is 1. The molecule has 2 aromatic rings. The van der Waals surface area contributed by atoms with E-state index in [-0.39, 0.29) is 6.04 Å². The molecule has 0 aliphatic carbocycles. The zero-order valence-corrected chi connectivity index (χ0v) is 9.98. The van der Waals surface area contributed by atoms with Crippen molar-refractivity contribution in [3.05, 3.63) is 35.6 Å². The van der Waals surface area contributed by atoms with Crippen molar-refractivity contribution in [3.8, 4) is 0 Å². The molecular weight excluding hydrogens is 214 g/mol. The molecule has 1 aliphatic rings. The average Bonchev–Trinajstić information content (AvgIpc) is 2.96. The Hall–Kier alpha value is -1.32. The first-order valence-corrected chi connectivity index (χ1v) is 6.07. The molecule has 0 spiro atoms. The molecule has 0 amide bonds. The summed E-state index contributed by atoms with van der Waals surface area (Å²) >= 11 is 0. The van der Waals surface area contributed by atoms with Crippen LogP contribution in [0.15, 0.2) is 28.7 Å². The van der Waals surface area contributed by atoms with Crippen LogP contribution in [0.4, 0.5) is 0 Å². The fourth-order valence-corrected chi connectivity index (χ4v) is 2.42. The first-order chi connectivity index (χ1) is 8.24. The van der Waals surface area contributed by atoms with Gasteiger partial charge >= 0.3 is 0 Å². The van der Waals surface area contributed by atoms with Gasteiger partial charge in [-0.3, -0.25) is 0 Å². The second kappa shape index (κ2) is 4.17. The minimum absolute atomic E-state index is 0.0507. The van der Waals surface area contributed by atoms with Crippen molar-refractivity contribution < 1.29 is 9.15 Å². The molecule has 17 heavy (non-hydrogen) atoms. The van der Waals surface area contributed by atoms with Crippen LogP contribution in [0.2, 0.25) is 0 Å². The molecular formula is C14H17NO2. The number of benzene rings is 1. The first-order valence-electron chi connectivity index (χ1n) is 6.07. The fraction of sp³-hybridized carbons (Fsp3) is 0.429. The molecule has 3 rings (SSSR count). The lowest BCUT2D eigenvalue weighted by atomic mass is 9.98. The van der Waals surface area contributed by atoms with Gasteiger partial charge in [-0.05, 0) is 31.5 Å². The van der Waals surface area contributed by atoms with E-state index in [0.717, 1.165) is 36.4 Å². The van der Waals surface area contributed by atoms with Crippen molar-refractivity contribution in [2.45, 2.75) is 19.4 Å². The fourth-order valence-electron chi connectivity index (χ4n) is 2.42.